The number of hydrogen-bond donors (Lipinski definition) is 0. The molecule has 0 amide bonds. The van der Waals surface area contributed by atoms with Gasteiger partial charge in [-0.1, -0.05) is 70.2 Å². The van der Waals surface area contributed by atoms with Crippen LogP contribution in [0.4, 0.5) is 17.1 Å². The fourth-order valence-electron chi connectivity index (χ4n) is 3.62. The minimum absolute atomic E-state index is 0.899. The monoisotopic (exact) mass is 397 g/mol. The first-order chi connectivity index (χ1) is 14.7. The summed E-state index contributed by atoms with van der Waals surface area (Å²) in [5, 5.41) is 2.48. The number of benzene rings is 4. The first-order valence-corrected chi connectivity index (χ1v) is 10.9. The summed E-state index contributed by atoms with van der Waals surface area (Å²) in [5.41, 5.74) is 5.67. The minimum atomic E-state index is 0.899. The molecule has 0 atom stereocenters. The van der Waals surface area contributed by atoms with E-state index in [1.165, 1.54) is 21.9 Å². The van der Waals surface area contributed by atoms with Crippen LogP contribution in [0.3, 0.4) is 0 Å². The third kappa shape index (κ3) is 4.04. The number of fused-ring (bicyclic) bond motifs is 3. The predicted molar refractivity (Wildman–Crippen MR) is 131 cm³/mol. The van der Waals surface area contributed by atoms with Gasteiger partial charge in [0.15, 0.2) is 11.5 Å². The Bertz CT molecular complexity index is 1090. The van der Waals surface area contributed by atoms with E-state index in [-0.39, 0.29) is 0 Å². The Morgan fingerprint density at radius 2 is 1.10 bits per heavy atom. The zero-order valence-corrected chi connectivity index (χ0v) is 18.9. The third-order valence-corrected chi connectivity index (χ3v) is 4.92. The standard InChI is InChI=1S/C24H19NO.2C2H6/c1-16-7-11-21-23(13-16)26-24-14-17(2)8-12-22(24)25(21)20-10-9-18-5-3-4-6-19(18)15-20;2*1-2/h3-15H,1-2H3;2*1-2H3. The number of nitrogens with zero attached hydrogens (tertiary/aromatic N) is 1. The summed E-state index contributed by atoms with van der Waals surface area (Å²) in [7, 11) is 0. The lowest BCUT2D eigenvalue weighted by Gasteiger charge is -2.33. The lowest BCUT2D eigenvalue weighted by Crippen LogP contribution is -2.16. The van der Waals surface area contributed by atoms with Gasteiger partial charge in [-0.15, -0.1) is 0 Å². The molecule has 1 aliphatic heterocycles. The lowest BCUT2D eigenvalue weighted by molar-refractivity contribution is 0.476. The number of hydrogen-bond acceptors (Lipinski definition) is 2. The largest absolute Gasteiger partial charge is 0.453 e. The smallest absolute Gasteiger partial charge is 0.151 e. The molecule has 0 fully saturated rings. The van der Waals surface area contributed by atoms with E-state index in [1.54, 1.807) is 0 Å². The molecule has 0 radical (unpaired) electrons. The molecule has 30 heavy (non-hydrogen) atoms. The zero-order chi connectivity index (χ0) is 21.7. The highest BCUT2D eigenvalue weighted by molar-refractivity contribution is 5.92. The van der Waals surface area contributed by atoms with Gasteiger partial charge in [-0.25, -0.2) is 0 Å². The molecule has 4 aromatic rings. The van der Waals surface area contributed by atoms with Gasteiger partial charge >= 0.3 is 0 Å². The molecule has 0 unspecified atom stereocenters. The Hall–Kier alpha value is -3.26. The van der Waals surface area contributed by atoms with Crippen LogP contribution >= 0.6 is 0 Å². The number of aryl methyl sites for hydroxylation is 2. The highest BCUT2D eigenvalue weighted by Gasteiger charge is 2.26. The van der Waals surface area contributed by atoms with E-state index in [9.17, 15) is 0 Å². The van der Waals surface area contributed by atoms with E-state index < -0.39 is 0 Å². The highest BCUT2D eigenvalue weighted by atomic mass is 16.5. The molecule has 1 aliphatic rings. The van der Waals surface area contributed by atoms with Crippen molar-refractivity contribution in [2.24, 2.45) is 0 Å². The van der Waals surface area contributed by atoms with Gasteiger partial charge in [0.25, 0.3) is 0 Å². The van der Waals surface area contributed by atoms with E-state index in [0.29, 0.717) is 0 Å². The topological polar surface area (TPSA) is 12.5 Å². The summed E-state index contributed by atoms with van der Waals surface area (Å²) in [6, 6.07) is 27.8. The van der Waals surface area contributed by atoms with Crippen molar-refractivity contribution < 1.29 is 4.74 Å². The predicted octanol–water partition coefficient (Wildman–Crippen LogP) is 9.08. The summed E-state index contributed by atoms with van der Waals surface area (Å²) in [6.07, 6.45) is 0. The van der Waals surface area contributed by atoms with Crippen LogP contribution < -0.4 is 9.64 Å². The average molecular weight is 398 g/mol. The molecule has 154 valence electrons. The van der Waals surface area contributed by atoms with Crippen molar-refractivity contribution in [3.63, 3.8) is 0 Å². The highest BCUT2D eigenvalue weighted by Crippen LogP contribution is 2.51. The summed E-state index contributed by atoms with van der Waals surface area (Å²) in [5.74, 6) is 1.80. The fourth-order valence-corrected chi connectivity index (χ4v) is 3.62. The average Bonchev–Trinajstić information content (AvgIpc) is 2.79. The molecule has 4 aromatic carbocycles. The van der Waals surface area contributed by atoms with Crippen molar-refractivity contribution in [1.29, 1.82) is 0 Å². The molecule has 0 aromatic heterocycles. The molecule has 1 heterocycles. The van der Waals surface area contributed by atoms with Gasteiger partial charge in [-0.3, -0.25) is 0 Å². The van der Waals surface area contributed by atoms with Crippen molar-refractivity contribution in [3.05, 3.63) is 90.0 Å². The quantitative estimate of drug-likeness (QED) is 0.280. The van der Waals surface area contributed by atoms with Gasteiger partial charge in [0, 0.05) is 5.69 Å². The first kappa shape index (κ1) is 21.4. The summed E-state index contributed by atoms with van der Waals surface area (Å²) >= 11 is 0. The van der Waals surface area contributed by atoms with E-state index in [0.717, 1.165) is 28.6 Å². The van der Waals surface area contributed by atoms with Crippen molar-refractivity contribution >= 4 is 27.8 Å². The summed E-state index contributed by atoms with van der Waals surface area (Å²) in [6.45, 7) is 12.2. The van der Waals surface area contributed by atoms with Crippen molar-refractivity contribution in [2.75, 3.05) is 4.90 Å². The SMILES string of the molecule is CC.CC.Cc1ccc2c(c1)Oc1cc(C)ccc1N2c1ccc2ccccc2c1. The minimum Gasteiger partial charge on any atom is -0.453 e. The number of rotatable bonds is 1. The third-order valence-electron chi connectivity index (χ3n) is 4.92. The number of ether oxygens (including phenoxy) is 1. The number of anilines is 3. The van der Waals surface area contributed by atoms with Crippen molar-refractivity contribution in [1.82, 2.24) is 0 Å². The molecule has 0 aliphatic carbocycles. The second-order valence-corrected chi connectivity index (χ2v) is 6.91. The van der Waals surface area contributed by atoms with Gasteiger partial charge in [0.1, 0.15) is 0 Å². The Labute approximate surface area is 180 Å². The molecule has 0 saturated carbocycles. The van der Waals surface area contributed by atoms with E-state index in [1.807, 2.05) is 27.7 Å². The Kier molecular flexibility index (Phi) is 6.79. The molecular formula is C28H31NO. The van der Waals surface area contributed by atoms with Crippen LogP contribution in [0.2, 0.25) is 0 Å². The fraction of sp³-hybridized carbons (Fsp3) is 0.214. The van der Waals surface area contributed by atoms with Gasteiger partial charge in [0.2, 0.25) is 0 Å². The van der Waals surface area contributed by atoms with Crippen LogP contribution in [0.1, 0.15) is 38.8 Å². The second kappa shape index (κ2) is 9.49. The molecule has 0 N–H and O–H groups in total. The molecule has 2 heteroatoms. The maximum atomic E-state index is 6.24. The maximum Gasteiger partial charge on any atom is 0.151 e. The van der Waals surface area contributed by atoms with Crippen LogP contribution in [-0.2, 0) is 0 Å². The summed E-state index contributed by atoms with van der Waals surface area (Å²) < 4.78 is 6.24. The van der Waals surface area contributed by atoms with Crippen LogP contribution in [0.15, 0.2) is 78.9 Å². The Balaban J connectivity index is 0.000000606. The Morgan fingerprint density at radius 3 is 1.67 bits per heavy atom. The van der Waals surface area contributed by atoms with E-state index in [4.69, 9.17) is 4.74 Å². The molecule has 2 nitrogen and oxygen atoms in total. The van der Waals surface area contributed by atoms with Gasteiger partial charge in [0.05, 0.1) is 11.4 Å². The van der Waals surface area contributed by atoms with Gasteiger partial charge in [-0.05, 0) is 72.1 Å². The normalized spacial score (nSPS) is 11.2. The van der Waals surface area contributed by atoms with Gasteiger partial charge < -0.3 is 9.64 Å². The van der Waals surface area contributed by atoms with Crippen LogP contribution in [0, 0.1) is 13.8 Å². The second-order valence-electron chi connectivity index (χ2n) is 6.91. The van der Waals surface area contributed by atoms with Crippen molar-refractivity contribution in [3.8, 4) is 11.5 Å². The van der Waals surface area contributed by atoms with Crippen LogP contribution in [0.25, 0.3) is 10.8 Å². The van der Waals surface area contributed by atoms with Crippen LogP contribution in [-0.4, -0.2) is 0 Å². The molecule has 5 rings (SSSR count). The van der Waals surface area contributed by atoms with E-state index in [2.05, 4.69) is 97.6 Å². The molecule has 0 bridgehead atoms. The Morgan fingerprint density at radius 1 is 0.567 bits per heavy atom. The molecule has 0 saturated heterocycles. The van der Waals surface area contributed by atoms with E-state index >= 15 is 0 Å². The van der Waals surface area contributed by atoms with Crippen LogP contribution in [0.5, 0.6) is 11.5 Å². The lowest BCUT2D eigenvalue weighted by atomic mass is 10.1. The maximum absolute atomic E-state index is 6.24. The van der Waals surface area contributed by atoms with Gasteiger partial charge in [-0.2, -0.15) is 0 Å². The summed E-state index contributed by atoms with van der Waals surface area (Å²) in [4.78, 5) is 2.29. The molecule has 0 spiro atoms. The zero-order valence-electron chi connectivity index (χ0n) is 18.9. The first-order valence-electron chi connectivity index (χ1n) is 10.9. The van der Waals surface area contributed by atoms with Crippen molar-refractivity contribution in [2.45, 2.75) is 41.5 Å². The molecular weight excluding hydrogens is 366 g/mol.